The maximum Gasteiger partial charge on any atom is 0.416 e. The SMILES string of the molecule is CN(C)CC(C)(C)CCN1C(=O)C(O)(c2ccccc2Cl)c2c1cc(C(N)=O)cc2C(F)(F)F. The number of carbonyl (C=O) groups is 2. The molecule has 1 aliphatic rings. The van der Waals surface area contributed by atoms with Crippen molar-refractivity contribution in [1.82, 2.24) is 4.90 Å². The highest BCUT2D eigenvalue weighted by molar-refractivity contribution is 6.32. The van der Waals surface area contributed by atoms with Gasteiger partial charge in [-0.25, -0.2) is 0 Å². The molecule has 0 saturated carbocycles. The molecule has 1 unspecified atom stereocenters. The minimum atomic E-state index is -4.98. The van der Waals surface area contributed by atoms with E-state index >= 15 is 0 Å². The van der Waals surface area contributed by atoms with Crippen LogP contribution in [0.5, 0.6) is 0 Å². The molecule has 0 radical (unpaired) electrons. The first-order valence-corrected chi connectivity index (χ1v) is 11.0. The second-order valence-corrected chi connectivity index (χ2v) is 9.99. The average molecular weight is 498 g/mol. The summed E-state index contributed by atoms with van der Waals surface area (Å²) in [5.41, 5.74) is -0.467. The number of nitrogens with two attached hydrogens (primary N) is 1. The van der Waals surface area contributed by atoms with Gasteiger partial charge < -0.3 is 20.6 Å². The number of rotatable bonds is 7. The lowest BCUT2D eigenvalue weighted by atomic mass is 9.83. The minimum absolute atomic E-state index is 0.0128. The quantitative estimate of drug-likeness (QED) is 0.605. The monoisotopic (exact) mass is 497 g/mol. The van der Waals surface area contributed by atoms with Crippen LogP contribution in [0.15, 0.2) is 36.4 Å². The van der Waals surface area contributed by atoms with Gasteiger partial charge in [-0.1, -0.05) is 43.6 Å². The number of hydrogen-bond donors (Lipinski definition) is 2. The number of carbonyl (C=O) groups excluding carboxylic acids is 2. The van der Waals surface area contributed by atoms with Gasteiger partial charge in [0.05, 0.1) is 11.3 Å². The van der Waals surface area contributed by atoms with Crippen molar-refractivity contribution in [2.45, 2.75) is 32.0 Å². The Kier molecular flexibility index (Phi) is 6.78. The highest BCUT2D eigenvalue weighted by Crippen LogP contribution is 2.52. The van der Waals surface area contributed by atoms with E-state index in [1.54, 1.807) is 0 Å². The fourth-order valence-corrected chi connectivity index (χ4v) is 4.85. The van der Waals surface area contributed by atoms with Crippen LogP contribution in [-0.4, -0.2) is 49.0 Å². The molecule has 0 bridgehead atoms. The van der Waals surface area contributed by atoms with Crippen LogP contribution in [0, 0.1) is 5.41 Å². The molecule has 2 amide bonds. The number of alkyl halides is 3. The first kappa shape index (κ1) is 26.0. The first-order chi connectivity index (χ1) is 15.6. The second kappa shape index (κ2) is 8.87. The van der Waals surface area contributed by atoms with E-state index < -0.39 is 40.3 Å². The van der Waals surface area contributed by atoms with Crippen LogP contribution < -0.4 is 10.6 Å². The van der Waals surface area contributed by atoms with E-state index in [9.17, 15) is 27.9 Å². The molecule has 2 aromatic rings. The zero-order chi connectivity index (χ0) is 25.6. The topological polar surface area (TPSA) is 86.9 Å². The Hall–Kier alpha value is -2.62. The van der Waals surface area contributed by atoms with E-state index in [0.717, 1.165) is 11.0 Å². The molecule has 1 aliphatic heterocycles. The van der Waals surface area contributed by atoms with Crippen LogP contribution in [0.3, 0.4) is 0 Å². The third-order valence-corrected chi connectivity index (χ3v) is 6.26. The Morgan fingerprint density at radius 1 is 1.21 bits per heavy atom. The molecule has 6 nitrogen and oxygen atoms in total. The minimum Gasteiger partial charge on any atom is -0.372 e. The van der Waals surface area contributed by atoms with Gasteiger partial charge in [0.25, 0.3) is 5.91 Å². The molecule has 184 valence electrons. The first-order valence-electron chi connectivity index (χ1n) is 10.6. The van der Waals surface area contributed by atoms with Crippen LogP contribution >= 0.6 is 11.6 Å². The Labute approximate surface area is 201 Å². The van der Waals surface area contributed by atoms with Crippen molar-refractivity contribution >= 4 is 29.1 Å². The van der Waals surface area contributed by atoms with Gasteiger partial charge in [0.2, 0.25) is 5.91 Å². The third kappa shape index (κ3) is 4.64. The summed E-state index contributed by atoms with van der Waals surface area (Å²) < 4.78 is 42.6. The lowest BCUT2D eigenvalue weighted by molar-refractivity contribution is -0.142. The number of halogens is 4. The zero-order valence-corrected chi connectivity index (χ0v) is 20.1. The number of fused-ring (bicyclic) bond motifs is 1. The molecule has 10 heteroatoms. The molecule has 3 N–H and O–H groups in total. The lowest BCUT2D eigenvalue weighted by Crippen LogP contribution is -2.43. The fraction of sp³-hybridized carbons (Fsp3) is 0.417. The summed E-state index contributed by atoms with van der Waals surface area (Å²) >= 11 is 6.24. The summed E-state index contributed by atoms with van der Waals surface area (Å²) in [5.74, 6) is -2.05. The van der Waals surface area contributed by atoms with Crippen LogP contribution in [0.25, 0.3) is 0 Å². The molecular formula is C24H27ClF3N3O3. The molecule has 1 heterocycles. The number of primary amides is 1. The Balaban J connectivity index is 2.27. The fourth-order valence-electron chi connectivity index (χ4n) is 4.57. The van der Waals surface area contributed by atoms with E-state index in [2.05, 4.69) is 0 Å². The normalized spacial score (nSPS) is 18.5. The van der Waals surface area contributed by atoms with Gasteiger partial charge in [-0.15, -0.1) is 0 Å². The van der Waals surface area contributed by atoms with Crippen molar-refractivity contribution in [2.75, 3.05) is 32.1 Å². The Morgan fingerprint density at radius 2 is 1.82 bits per heavy atom. The second-order valence-electron chi connectivity index (χ2n) is 9.58. The summed E-state index contributed by atoms with van der Waals surface area (Å²) in [5, 5.41) is 11.6. The highest BCUT2D eigenvalue weighted by atomic mass is 35.5. The van der Waals surface area contributed by atoms with Crippen LogP contribution in [-0.2, 0) is 16.6 Å². The van der Waals surface area contributed by atoms with Gasteiger partial charge in [0, 0.05) is 34.8 Å². The van der Waals surface area contributed by atoms with E-state index in [1.165, 1.54) is 24.3 Å². The number of hydrogen-bond acceptors (Lipinski definition) is 4. The van der Waals surface area contributed by atoms with E-state index in [1.807, 2.05) is 32.8 Å². The maximum atomic E-state index is 14.2. The standard InChI is InChI=1S/C24H27ClF3N3O3/c1-22(2,13-30(3)4)9-10-31-18-12-14(20(29)32)11-16(24(26,27)28)19(18)23(34,21(31)33)15-7-5-6-8-17(15)25/h5-8,11-12,34H,9-10,13H2,1-4H3,(H2,29,32). The van der Waals surface area contributed by atoms with Crippen molar-refractivity contribution in [3.05, 3.63) is 63.7 Å². The van der Waals surface area contributed by atoms with Crippen LogP contribution in [0.1, 0.15) is 47.3 Å². The van der Waals surface area contributed by atoms with Crippen LogP contribution in [0.4, 0.5) is 18.9 Å². The number of nitrogens with zero attached hydrogens (tertiary/aromatic N) is 2. The summed E-state index contributed by atoms with van der Waals surface area (Å²) in [4.78, 5) is 28.6. The summed E-state index contributed by atoms with van der Waals surface area (Å²) in [7, 11) is 3.78. The zero-order valence-electron chi connectivity index (χ0n) is 19.3. The van der Waals surface area contributed by atoms with Gasteiger partial charge in [-0.3, -0.25) is 9.59 Å². The van der Waals surface area contributed by atoms with Crippen molar-refractivity contribution in [1.29, 1.82) is 0 Å². The average Bonchev–Trinajstić information content (AvgIpc) is 2.92. The predicted molar refractivity (Wildman–Crippen MR) is 124 cm³/mol. The molecule has 0 aromatic heterocycles. The predicted octanol–water partition coefficient (Wildman–Crippen LogP) is 4.02. The van der Waals surface area contributed by atoms with Crippen molar-refractivity contribution in [2.24, 2.45) is 11.1 Å². The van der Waals surface area contributed by atoms with Gasteiger partial charge in [0.15, 0.2) is 5.60 Å². The van der Waals surface area contributed by atoms with E-state index in [0.29, 0.717) is 19.0 Å². The molecule has 0 saturated heterocycles. The molecular weight excluding hydrogens is 471 g/mol. The number of aliphatic hydroxyl groups is 1. The smallest absolute Gasteiger partial charge is 0.372 e. The Bertz CT molecular complexity index is 1130. The van der Waals surface area contributed by atoms with Crippen molar-refractivity contribution in [3.8, 4) is 0 Å². The molecule has 34 heavy (non-hydrogen) atoms. The summed E-state index contributed by atoms with van der Waals surface area (Å²) in [6, 6.07) is 7.40. The number of anilines is 1. The summed E-state index contributed by atoms with van der Waals surface area (Å²) in [6.45, 7) is 4.61. The maximum absolute atomic E-state index is 14.2. The number of benzene rings is 2. The molecule has 0 aliphatic carbocycles. The van der Waals surface area contributed by atoms with Crippen molar-refractivity contribution in [3.63, 3.8) is 0 Å². The summed E-state index contributed by atoms with van der Waals surface area (Å²) in [6.07, 6.45) is -4.57. The third-order valence-electron chi connectivity index (χ3n) is 5.93. The molecule has 1 atom stereocenters. The Morgan fingerprint density at radius 3 is 2.35 bits per heavy atom. The molecule has 3 rings (SSSR count). The molecule has 0 fully saturated rings. The van der Waals surface area contributed by atoms with Crippen molar-refractivity contribution < 1.29 is 27.9 Å². The highest BCUT2D eigenvalue weighted by Gasteiger charge is 2.56. The van der Waals surface area contributed by atoms with Gasteiger partial charge >= 0.3 is 6.18 Å². The van der Waals surface area contributed by atoms with Gasteiger partial charge in [-0.2, -0.15) is 13.2 Å². The number of amides is 2. The molecule has 0 spiro atoms. The lowest BCUT2D eigenvalue weighted by Gasteiger charge is -2.31. The van der Waals surface area contributed by atoms with Gasteiger partial charge in [-0.05, 0) is 44.1 Å². The molecule has 2 aromatic carbocycles. The van der Waals surface area contributed by atoms with Crippen LogP contribution in [0.2, 0.25) is 5.02 Å². The largest absolute Gasteiger partial charge is 0.416 e. The van der Waals surface area contributed by atoms with E-state index in [4.69, 9.17) is 17.3 Å². The van der Waals surface area contributed by atoms with E-state index in [-0.39, 0.29) is 28.2 Å². The van der Waals surface area contributed by atoms with Gasteiger partial charge in [0.1, 0.15) is 0 Å².